The number of aliphatic hydroxyl groups is 5. The summed E-state index contributed by atoms with van der Waals surface area (Å²) < 4.78 is 11.2. The summed E-state index contributed by atoms with van der Waals surface area (Å²) in [6.07, 6.45) is 57.4. The molecule has 0 radical (unpaired) electrons. The molecule has 0 spiro atoms. The molecular formula is C55H91NO8. The van der Waals surface area contributed by atoms with Crippen molar-refractivity contribution in [1.29, 1.82) is 0 Å². The summed E-state index contributed by atoms with van der Waals surface area (Å²) in [5, 5.41) is 54.0. The summed E-state index contributed by atoms with van der Waals surface area (Å²) in [7, 11) is 0. The van der Waals surface area contributed by atoms with Crippen LogP contribution in [0.2, 0.25) is 0 Å². The number of hydrogen-bond acceptors (Lipinski definition) is 8. The third kappa shape index (κ3) is 33.3. The predicted octanol–water partition coefficient (Wildman–Crippen LogP) is 11.4. The van der Waals surface area contributed by atoms with Crippen molar-refractivity contribution in [3.63, 3.8) is 0 Å². The number of allylic oxidation sites excluding steroid dienone is 17. The number of hydrogen-bond donors (Lipinski definition) is 6. The topological polar surface area (TPSA) is 149 Å². The molecule has 0 aliphatic carbocycles. The standard InChI is InChI=1S/C55H91NO8/c1-3-5-7-9-11-13-14-15-16-17-18-19-20-21-22-23-24-25-26-27-28-29-30-31-32-33-34-35-36-37-39-41-43-45-51(59)56-48(49(58)44-42-40-38-12-10-8-6-4-2)47-63-55-54(62)53(61)52(60)50(46-57)64-55/h5,7,10-13,15-16,18-19,21-22,24-25,27-28,42,44,48-50,52-55,57-58,60-62H,3-4,6,8-9,14,17,20,23,26,29-41,43,45-47H2,1-2H3,(H,56,59)/b7-5-,12-10+,13-11-,16-15-,19-18-,22-21-,25-24-,28-27-,44-42+. The zero-order chi connectivity index (χ0) is 46.6. The van der Waals surface area contributed by atoms with Crippen molar-refractivity contribution >= 4 is 5.91 Å². The van der Waals surface area contributed by atoms with E-state index < -0.39 is 49.5 Å². The van der Waals surface area contributed by atoms with E-state index in [0.717, 1.165) is 109 Å². The van der Waals surface area contributed by atoms with Crippen molar-refractivity contribution < 1.29 is 39.8 Å². The average molecular weight is 894 g/mol. The maximum atomic E-state index is 12.9. The van der Waals surface area contributed by atoms with Crippen LogP contribution in [0.15, 0.2) is 109 Å². The molecule has 64 heavy (non-hydrogen) atoms. The number of rotatable bonds is 40. The van der Waals surface area contributed by atoms with E-state index in [1.54, 1.807) is 6.08 Å². The number of carbonyl (C=O) groups excluding carboxylic acids is 1. The minimum Gasteiger partial charge on any atom is -0.394 e. The zero-order valence-electron chi connectivity index (χ0n) is 40.0. The average Bonchev–Trinajstić information content (AvgIpc) is 3.29. The molecule has 0 aromatic rings. The third-order valence-electron chi connectivity index (χ3n) is 11.1. The lowest BCUT2D eigenvalue weighted by molar-refractivity contribution is -0.302. The van der Waals surface area contributed by atoms with Crippen LogP contribution in [0.1, 0.15) is 174 Å². The quantitative estimate of drug-likeness (QED) is 0.0263. The van der Waals surface area contributed by atoms with Gasteiger partial charge in [-0.15, -0.1) is 0 Å². The lowest BCUT2D eigenvalue weighted by Gasteiger charge is -2.40. The van der Waals surface area contributed by atoms with Gasteiger partial charge >= 0.3 is 0 Å². The molecule has 0 aromatic carbocycles. The van der Waals surface area contributed by atoms with Crippen LogP contribution in [0.3, 0.4) is 0 Å². The van der Waals surface area contributed by atoms with Gasteiger partial charge in [0.25, 0.3) is 0 Å². The van der Waals surface area contributed by atoms with Gasteiger partial charge in [0.15, 0.2) is 6.29 Å². The number of unbranched alkanes of at least 4 members (excludes halogenated alkanes) is 14. The highest BCUT2D eigenvalue weighted by molar-refractivity contribution is 5.76. The molecule has 0 saturated carbocycles. The van der Waals surface area contributed by atoms with Gasteiger partial charge < -0.3 is 40.3 Å². The Morgan fingerprint density at radius 3 is 1.50 bits per heavy atom. The summed E-state index contributed by atoms with van der Waals surface area (Å²) >= 11 is 0. The van der Waals surface area contributed by atoms with Crippen LogP contribution < -0.4 is 5.32 Å². The van der Waals surface area contributed by atoms with Crippen molar-refractivity contribution in [2.24, 2.45) is 0 Å². The van der Waals surface area contributed by atoms with Gasteiger partial charge in [-0.1, -0.05) is 194 Å². The molecule has 1 saturated heterocycles. The molecular weight excluding hydrogens is 803 g/mol. The normalized spacial score (nSPS) is 21.0. The van der Waals surface area contributed by atoms with Crippen LogP contribution in [0.5, 0.6) is 0 Å². The number of ether oxygens (including phenoxy) is 2. The van der Waals surface area contributed by atoms with Crippen molar-refractivity contribution in [3.8, 4) is 0 Å². The minimum absolute atomic E-state index is 0.200. The van der Waals surface area contributed by atoms with E-state index in [1.165, 1.54) is 44.9 Å². The van der Waals surface area contributed by atoms with Gasteiger partial charge in [0.2, 0.25) is 5.91 Å². The lowest BCUT2D eigenvalue weighted by Crippen LogP contribution is -2.60. The van der Waals surface area contributed by atoms with Crippen LogP contribution >= 0.6 is 0 Å². The Bertz CT molecular complexity index is 1360. The fraction of sp³-hybridized carbons (Fsp3) is 0.655. The van der Waals surface area contributed by atoms with E-state index in [4.69, 9.17) is 9.47 Å². The Hall–Kier alpha value is -3.15. The van der Waals surface area contributed by atoms with Crippen molar-refractivity contribution in [1.82, 2.24) is 5.32 Å². The first-order valence-corrected chi connectivity index (χ1v) is 25.1. The number of nitrogens with one attached hydrogen (secondary N) is 1. The smallest absolute Gasteiger partial charge is 0.220 e. The highest BCUT2D eigenvalue weighted by atomic mass is 16.7. The Morgan fingerprint density at radius 1 is 0.547 bits per heavy atom. The van der Waals surface area contributed by atoms with Gasteiger partial charge in [-0.2, -0.15) is 0 Å². The van der Waals surface area contributed by atoms with Crippen LogP contribution in [0.25, 0.3) is 0 Å². The highest BCUT2D eigenvalue weighted by Crippen LogP contribution is 2.22. The molecule has 1 amide bonds. The van der Waals surface area contributed by atoms with Gasteiger partial charge in [0.1, 0.15) is 24.4 Å². The van der Waals surface area contributed by atoms with E-state index in [2.05, 4.69) is 116 Å². The van der Waals surface area contributed by atoms with Gasteiger partial charge in [0.05, 0.1) is 25.4 Å². The van der Waals surface area contributed by atoms with Crippen molar-refractivity contribution in [3.05, 3.63) is 109 Å². The summed E-state index contributed by atoms with van der Waals surface area (Å²) in [5.41, 5.74) is 0. The molecule has 9 heteroatoms. The Kier molecular flexibility index (Phi) is 40.2. The van der Waals surface area contributed by atoms with Crippen LogP contribution in [-0.4, -0.2) is 87.5 Å². The van der Waals surface area contributed by atoms with Crippen molar-refractivity contribution in [2.45, 2.75) is 217 Å². The summed E-state index contributed by atoms with van der Waals surface area (Å²) in [6, 6.07) is -0.827. The molecule has 1 aliphatic heterocycles. The fourth-order valence-corrected chi connectivity index (χ4v) is 7.08. The summed E-state index contributed by atoms with van der Waals surface area (Å²) in [5.74, 6) is -0.200. The largest absolute Gasteiger partial charge is 0.394 e. The SMILES string of the molecule is CC/C=C\C/C=C\C/C=C\C/C=C\C/C=C\C/C=C\C/C=C\CCCCCCCCCCCCCC(=O)NC(COC1OC(CO)C(O)C(O)C1O)C(O)/C=C/CC/C=C/CCCC. The lowest BCUT2D eigenvalue weighted by atomic mass is 9.99. The molecule has 1 rings (SSSR count). The fourth-order valence-electron chi connectivity index (χ4n) is 7.08. The van der Waals surface area contributed by atoms with E-state index in [-0.39, 0.29) is 12.5 Å². The van der Waals surface area contributed by atoms with E-state index >= 15 is 0 Å². The molecule has 1 fully saturated rings. The summed E-state index contributed by atoms with van der Waals surface area (Å²) in [6.45, 7) is 3.54. The van der Waals surface area contributed by atoms with Gasteiger partial charge in [-0.25, -0.2) is 0 Å². The first-order chi connectivity index (χ1) is 31.3. The molecule has 0 aromatic heterocycles. The van der Waals surface area contributed by atoms with Gasteiger partial charge in [0, 0.05) is 6.42 Å². The second-order valence-electron chi connectivity index (χ2n) is 16.9. The minimum atomic E-state index is -1.58. The highest BCUT2D eigenvalue weighted by Gasteiger charge is 2.44. The molecule has 6 N–H and O–H groups in total. The first-order valence-electron chi connectivity index (χ1n) is 25.1. The third-order valence-corrected chi connectivity index (χ3v) is 11.1. The predicted molar refractivity (Wildman–Crippen MR) is 267 cm³/mol. The Morgan fingerprint density at radius 2 is 0.984 bits per heavy atom. The molecule has 364 valence electrons. The van der Waals surface area contributed by atoms with E-state index in [1.807, 2.05) is 6.08 Å². The molecule has 7 atom stereocenters. The monoisotopic (exact) mass is 894 g/mol. The van der Waals surface area contributed by atoms with Gasteiger partial charge in [-0.05, 0) is 83.5 Å². The van der Waals surface area contributed by atoms with Crippen LogP contribution in [-0.2, 0) is 14.3 Å². The number of amides is 1. The second-order valence-corrected chi connectivity index (χ2v) is 16.9. The molecule has 7 unspecified atom stereocenters. The molecule has 0 bridgehead atoms. The Labute approximate surface area is 389 Å². The Balaban J connectivity index is 2.15. The molecule has 1 heterocycles. The number of aliphatic hydroxyl groups excluding tert-OH is 5. The maximum Gasteiger partial charge on any atom is 0.220 e. The molecule has 9 nitrogen and oxygen atoms in total. The first kappa shape index (κ1) is 58.9. The van der Waals surface area contributed by atoms with E-state index in [9.17, 15) is 30.3 Å². The van der Waals surface area contributed by atoms with Crippen LogP contribution in [0, 0.1) is 0 Å². The van der Waals surface area contributed by atoms with Crippen molar-refractivity contribution in [2.75, 3.05) is 13.2 Å². The molecule has 1 aliphatic rings. The maximum absolute atomic E-state index is 12.9. The number of carbonyl (C=O) groups is 1. The van der Waals surface area contributed by atoms with Crippen LogP contribution in [0.4, 0.5) is 0 Å². The second kappa shape index (κ2) is 43.7. The summed E-state index contributed by atoms with van der Waals surface area (Å²) in [4.78, 5) is 12.9. The van der Waals surface area contributed by atoms with E-state index in [0.29, 0.717) is 6.42 Å². The van der Waals surface area contributed by atoms with Gasteiger partial charge in [-0.3, -0.25) is 4.79 Å². The zero-order valence-corrected chi connectivity index (χ0v) is 40.0.